The lowest BCUT2D eigenvalue weighted by atomic mass is 10.1. The highest BCUT2D eigenvalue weighted by molar-refractivity contribution is 5.99. The van der Waals surface area contributed by atoms with E-state index in [1.807, 2.05) is 11.0 Å². The molecule has 1 atom stereocenters. The van der Waals surface area contributed by atoms with Gasteiger partial charge in [-0.2, -0.15) is 0 Å². The number of hydrogen-bond acceptors (Lipinski definition) is 4. The molecular weight excluding hydrogens is 218 g/mol. The molecule has 0 aliphatic carbocycles. The van der Waals surface area contributed by atoms with Gasteiger partial charge in [-0.1, -0.05) is 0 Å². The largest absolute Gasteiger partial charge is 0.398 e. The van der Waals surface area contributed by atoms with Gasteiger partial charge in [0.05, 0.1) is 11.7 Å². The minimum atomic E-state index is -0.526. The molecule has 1 unspecified atom stereocenters. The normalized spacial score (nSPS) is 20.3. The van der Waals surface area contributed by atoms with Gasteiger partial charge in [-0.15, -0.1) is 0 Å². The molecule has 1 aliphatic rings. The monoisotopic (exact) mass is 235 g/mol. The lowest BCUT2D eigenvalue weighted by Crippen LogP contribution is -2.38. The van der Waals surface area contributed by atoms with Crippen molar-refractivity contribution >= 4 is 17.3 Å². The van der Waals surface area contributed by atoms with Crippen molar-refractivity contribution in [2.24, 2.45) is 5.73 Å². The number of anilines is 2. The Labute approximate surface area is 100 Å². The van der Waals surface area contributed by atoms with Crippen molar-refractivity contribution < 1.29 is 9.90 Å². The van der Waals surface area contributed by atoms with Gasteiger partial charge in [0, 0.05) is 24.5 Å². The van der Waals surface area contributed by atoms with Gasteiger partial charge in [0.1, 0.15) is 0 Å². The first kappa shape index (κ1) is 11.7. The predicted molar refractivity (Wildman–Crippen MR) is 66.8 cm³/mol. The van der Waals surface area contributed by atoms with Crippen molar-refractivity contribution in [3.05, 3.63) is 23.8 Å². The average molecular weight is 235 g/mol. The van der Waals surface area contributed by atoms with Crippen LogP contribution in [0.5, 0.6) is 0 Å². The molecule has 0 spiro atoms. The van der Waals surface area contributed by atoms with Crippen LogP contribution >= 0.6 is 0 Å². The number of amides is 1. The van der Waals surface area contributed by atoms with Crippen molar-refractivity contribution in [3.63, 3.8) is 0 Å². The van der Waals surface area contributed by atoms with E-state index in [9.17, 15) is 9.90 Å². The zero-order valence-electron chi connectivity index (χ0n) is 9.60. The Morgan fingerprint density at radius 2 is 2.24 bits per heavy atom. The van der Waals surface area contributed by atoms with Gasteiger partial charge in [0.25, 0.3) is 5.91 Å². The number of benzene rings is 1. The quantitative estimate of drug-likeness (QED) is 0.644. The van der Waals surface area contributed by atoms with E-state index < -0.39 is 5.91 Å². The van der Waals surface area contributed by atoms with Gasteiger partial charge in [-0.05, 0) is 31.0 Å². The summed E-state index contributed by atoms with van der Waals surface area (Å²) in [5, 5.41) is 9.62. The van der Waals surface area contributed by atoms with Crippen LogP contribution in [0.25, 0.3) is 0 Å². The first-order chi connectivity index (χ1) is 8.08. The molecule has 2 rings (SSSR count). The van der Waals surface area contributed by atoms with E-state index in [-0.39, 0.29) is 6.10 Å². The molecule has 0 aromatic heterocycles. The van der Waals surface area contributed by atoms with Gasteiger partial charge in [-0.25, -0.2) is 0 Å². The maximum absolute atomic E-state index is 11.2. The lowest BCUT2D eigenvalue weighted by Gasteiger charge is -2.32. The topological polar surface area (TPSA) is 92.6 Å². The number of rotatable bonds is 2. The average Bonchev–Trinajstić information content (AvgIpc) is 2.29. The number of aliphatic hydroxyl groups is 1. The van der Waals surface area contributed by atoms with E-state index >= 15 is 0 Å². The second kappa shape index (κ2) is 4.63. The molecule has 1 aromatic rings. The van der Waals surface area contributed by atoms with E-state index in [1.165, 1.54) is 0 Å². The highest BCUT2D eigenvalue weighted by Crippen LogP contribution is 2.24. The number of β-amino-alcohol motifs (C(OH)–C–C–N with tert-alkyl or cyclic N) is 1. The van der Waals surface area contributed by atoms with E-state index in [4.69, 9.17) is 11.5 Å². The minimum Gasteiger partial charge on any atom is -0.398 e. The molecule has 1 saturated heterocycles. The van der Waals surface area contributed by atoms with E-state index in [0.717, 1.165) is 25.1 Å². The summed E-state index contributed by atoms with van der Waals surface area (Å²) in [7, 11) is 0. The fourth-order valence-corrected chi connectivity index (χ4v) is 2.14. The number of piperidine rings is 1. The summed E-state index contributed by atoms with van der Waals surface area (Å²) >= 11 is 0. The Bertz CT molecular complexity index is 434. The molecule has 1 aromatic carbocycles. The summed E-state index contributed by atoms with van der Waals surface area (Å²) in [6, 6.07) is 5.21. The molecular formula is C12H17N3O2. The number of nitrogen functional groups attached to an aromatic ring is 1. The number of carbonyl (C=O) groups is 1. The van der Waals surface area contributed by atoms with Gasteiger partial charge >= 0.3 is 0 Å². The van der Waals surface area contributed by atoms with Crippen LogP contribution in [-0.2, 0) is 0 Å². The molecule has 0 bridgehead atoms. The van der Waals surface area contributed by atoms with E-state index in [1.54, 1.807) is 12.1 Å². The minimum absolute atomic E-state index is 0.307. The van der Waals surface area contributed by atoms with Crippen LogP contribution in [0.4, 0.5) is 11.4 Å². The Balaban J connectivity index is 2.26. The highest BCUT2D eigenvalue weighted by atomic mass is 16.3. The first-order valence-corrected chi connectivity index (χ1v) is 5.70. The number of nitrogens with two attached hydrogens (primary N) is 2. The molecule has 1 amide bonds. The molecule has 5 N–H and O–H groups in total. The van der Waals surface area contributed by atoms with Crippen LogP contribution in [0.2, 0.25) is 0 Å². The van der Waals surface area contributed by atoms with Crippen LogP contribution in [-0.4, -0.2) is 30.2 Å². The third kappa shape index (κ3) is 2.50. The summed E-state index contributed by atoms with van der Waals surface area (Å²) in [5.41, 5.74) is 12.5. The van der Waals surface area contributed by atoms with E-state index in [2.05, 4.69) is 0 Å². The molecule has 17 heavy (non-hydrogen) atoms. The number of hydrogen-bond donors (Lipinski definition) is 3. The zero-order chi connectivity index (χ0) is 12.4. The van der Waals surface area contributed by atoms with E-state index in [0.29, 0.717) is 17.8 Å². The molecule has 0 radical (unpaired) electrons. The second-order valence-corrected chi connectivity index (χ2v) is 4.38. The summed E-state index contributed by atoms with van der Waals surface area (Å²) in [6.07, 6.45) is 1.46. The van der Waals surface area contributed by atoms with Crippen molar-refractivity contribution in [1.82, 2.24) is 0 Å². The predicted octanol–water partition coefficient (Wildman–Crippen LogP) is 0.329. The van der Waals surface area contributed by atoms with Crippen LogP contribution < -0.4 is 16.4 Å². The van der Waals surface area contributed by atoms with Crippen molar-refractivity contribution in [3.8, 4) is 0 Å². The maximum atomic E-state index is 11.2. The maximum Gasteiger partial charge on any atom is 0.250 e. The van der Waals surface area contributed by atoms with Crippen molar-refractivity contribution in [2.45, 2.75) is 18.9 Å². The SMILES string of the molecule is NC(=O)c1cc(N2CCCC(O)C2)ccc1N. The van der Waals surface area contributed by atoms with Crippen LogP contribution in [0.15, 0.2) is 18.2 Å². The fourth-order valence-electron chi connectivity index (χ4n) is 2.14. The highest BCUT2D eigenvalue weighted by Gasteiger charge is 2.19. The molecule has 92 valence electrons. The van der Waals surface area contributed by atoms with Gasteiger partial charge < -0.3 is 21.5 Å². The summed E-state index contributed by atoms with van der Waals surface area (Å²) in [4.78, 5) is 13.2. The van der Waals surface area contributed by atoms with Gasteiger partial charge in [-0.3, -0.25) is 4.79 Å². The summed E-state index contributed by atoms with van der Waals surface area (Å²) < 4.78 is 0. The van der Waals surface area contributed by atoms with Crippen LogP contribution in [0, 0.1) is 0 Å². The lowest BCUT2D eigenvalue weighted by molar-refractivity contribution is 0.100. The number of aliphatic hydroxyl groups excluding tert-OH is 1. The standard InChI is InChI=1S/C12H17N3O2/c13-11-4-3-8(6-10(11)12(14)17)15-5-1-2-9(16)7-15/h3-4,6,9,16H,1-2,5,7,13H2,(H2,14,17). The second-order valence-electron chi connectivity index (χ2n) is 4.38. The molecule has 5 heteroatoms. The number of carbonyl (C=O) groups excluding carboxylic acids is 1. The number of primary amides is 1. The van der Waals surface area contributed by atoms with Crippen LogP contribution in [0.1, 0.15) is 23.2 Å². The van der Waals surface area contributed by atoms with Crippen LogP contribution in [0.3, 0.4) is 0 Å². The Hall–Kier alpha value is -1.75. The first-order valence-electron chi connectivity index (χ1n) is 5.70. The third-order valence-corrected chi connectivity index (χ3v) is 3.06. The molecule has 5 nitrogen and oxygen atoms in total. The Morgan fingerprint density at radius 3 is 2.88 bits per heavy atom. The zero-order valence-corrected chi connectivity index (χ0v) is 9.60. The molecule has 0 saturated carbocycles. The van der Waals surface area contributed by atoms with Gasteiger partial charge in [0.2, 0.25) is 0 Å². The smallest absolute Gasteiger partial charge is 0.250 e. The molecule has 1 heterocycles. The van der Waals surface area contributed by atoms with Gasteiger partial charge in [0.15, 0.2) is 0 Å². The van der Waals surface area contributed by atoms with Crippen molar-refractivity contribution in [2.75, 3.05) is 23.7 Å². The third-order valence-electron chi connectivity index (χ3n) is 3.06. The fraction of sp³-hybridized carbons (Fsp3) is 0.417. The Kier molecular flexibility index (Phi) is 3.19. The Morgan fingerprint density at radius 1 is 1.47 bits per heavy atom. The summed E-state index contributed by atoms with van der Waals surface area (Å²) in [5.74, 6) is -0.526. The van der Waals surface area contributed by atoms with Crippen molar-refractivity contribution in [1.29, 1.82) is 0 Å². The molecule has 1 aliphatic heterocycles. The summed E-state index contributed by atoms with van der Waals surface area (Å²) in [6.45, 7) is 1.46. The number of nitrogens with zero attached hydrogens (tertiary/aromatic N) is 1. The molecule has 1 fully saturated rings.